The van der Waals surface area contributed by atoms with Crippen LogP contribution in [0.25, 0.3) is 0 Å². The standard InChI is InChI=1S/C15H16N4O5/c20-6-11(19-15(22)10-5-16-7-18-10)14(21)17-4-9-1-2-12-13(3-9)24-8-23-12/h1-3,5,7,11,20H,4,6,8H2,(H,16,18)(H,17,21)(H,19,22)/t11-/m0/s1. The number of ether oxygens (including phenoxy) is 2. The summed E-state index contributed by atoms with van der Waals surface area (Å²) in [6, 6.07) is 4.26. The van der Waals surface area contributed by atoms with Gasteiger partial charge in [-0.25, -0.2) is 4.98 Å². The van der Waals surface area contributed by atoms with Gasteiger partial charge in [0.1, 0.15) is 11.7 Å². The second-order valence-electron chi connectivity index (χ2n) is 5.08. The Kier molecular flexibility index (Phi) is 4.62. The number of rotatable bonds is 6. The molecule has 1 aromatic carbocycles. The van der Waals surface area contributed by atoms with E-state index in [1.54, 1.807) is 18.2 Å². The number of aromatic amines is 1. The van der Waals surface area contributed by atoms with Crippen molar-refractivity contribution < 1.29 is 24.2 Å². The van der Waals surface area contributed by atoms with E-state index in [1.807, 2.05) is 0 Å². The predicted octanol–water partition coefficient (Wildman–Crippen LogP) is -0.454. The van der Waals surface area contributed by atoms with Crippen molar-refractivity contribution >= 4 is 11.8 Å². The Bertz CT molecular complexity index is 731. The number of nitrogens with zero attached hydrogens (tertiary/aromatic N) is 1. The van der Waals surface area contributed by atoms with Crippen molar-refractivity contribution in [2.75, 3.05) is 13.4 Å². The fourth-order valence-electron chi connectivity index (χ4n) is 2.17. The summed E-state index contributed by atoms with van der Waals surface area (Å²) in [5, 5.41) is 14.4. The number of imidazole rings is 1. The maximum absolute atomic E-state index is 12.1. The van der Waals surface area contributed by atoms with Crippen LogP contribution >= 0.6 is 0 Å². The molecule has 0 saturated heterocycles. The van der Waals surface area contributed by atoms with E-state index >= 15 is 0 Å². The number of H-pyrrole nitrogens is 1. The zero-order valence-corrected chi connectivity index (χ0v) is 12.6. The Balaban J connectivity index is 1.55. The summed E-state index contributed by atoms with van der Waals surface area (Å²) < 4.78 is 10.5. The lowest BCUT2D eigenvalue weighted by Crippen LogP contribution is -2.48. The first-order chi connectivity index (χ1) is 11.7. The highest BCUT2D eigenvalue weighted by atomic mass is 16.7. The van der Waals surface area contributed by atoms with E-state index < -0.39 is 24.5 Å². The minimum absolute atomic E-state index is 0.178. The molecule has 1 aliphatic rings. The molecule has 2 heterocycles. The zero-order valence-electron chi connectivity index (χ0n) is 12.6. The Morgan fingerprint density at radius 1 is 1.33 bits per heavy atom. The lowest BCUT2D eigenvalue weighted by molar-refractivity contribution is -0.124. The van der Waals surface area contributed by atoms with Crippen LogP contribution in [-0.4, -0.2) is 46.3 Å². The molecule has 0 saturated carbocycles. The van der Waals surface area contributed by atoms with Crippen molar-refractivity contribution in [2.45, 2.75) is 12.6 Å². The number of carbonyl (C=O) groups is 2. The highest BCUT2D eigenvalue weighted by Gasteiger charge is 2.21. The molecule has 9 heteroatoms. The molecule has 0 bridgehead atoms. The van der Waals surface area contributed by atoms with E-state index in [-0.39, 0.29) is 19.0 Å². The van der Waals surface area contributed by atoms with E-state index in [9.17, 15) is 14.7 Å². The van der Waals surface area contributed by atoms with Crippen LogP contribution in [0.5, 0.6) is 11.5 Å². The molecule has 9 nitrogen and oxygen atoms in total. The van der Waals surface area contributed by atoms with E-state index in [4.69, 9.17) is 9.47 Å². The second kappa shape index (κ2) is 7.01. The smallest absolute Gasteiger partial charge is 0.270 e. The fraction of sp³-hybridized carbons (Fsp3) is 0.267. The van der Waals surface area contributed by atoms with Crippen LogP contribution in [0, 0.1) is 0 Å². The predicted molar refractivity (Wildman–Crippen MR) is 81.3 cm³/mol. The lowest BCUT2D eigenvalue weighted by Gasteiger charge is -2.15. The summed E-state index contributed by atoms with van der Waals surface area (Å²) >= 11 is 0. The zero-order chi connectivity index (χ0) is 16.9. The maximum Gasteiger partial charge on any atom is 0.270 e. The number of hydrogen-bond acceptors (Lipinski definition) is 6. The molecule has 24 heavy (non-hydrogen) atoms. The number of aliphatic hydroxyl groups is 1. The average molecular weight is 332 g/mol. The van der Waals surface area contributed by atoms with Crippen molar-refractivity contribution in [1.82, 2.24) is 20.6 Å². The molecule has 126 valence electrons. The molecule has 1 aliphatic heterocycles. The summed E-state index contributed by atoms with van der Waals surface area (Å²) in [5.41, 5.74) is 1.02. The van der Waals surface area contributed by atoms with Gasteiger partial charge in [-0.15, -0.1) is 0 Å². The van der Waals surface area contributed by atoms with Crippen LogP contribution in [0.3, 0.4) is 0 Å². The Hall–Kier alpha value is -3.07. The monoisotopic (exact) mass is 332 g/mol. The van der Waals surface area contributed by atoms with Crippen LogP contribution in [0.2, 0.25) is 0 Å². The summed E-state index contributed by atoms with van der Waals surface area (Å²) in [7, 11) is 0. The molecule has 1 aromatic heterocycles. The van der Waals surface area contributed by atoms with Gasteiger partial charge in [-0.3, -0.25) is 9.59 Å². The van der Waals surface area contributed by atoms with E-state index in [0.29, 0.717) is 11.5 Å². The molecule has 0 unspecified atom stereocenters. The molecule has 0 radical (unpaired) electrons. The van der Waals surface area contributed by atoms with E-state index in [2.05, 4.69) is 20.6 Å². The van der Waals surface area contributed by atoms with Crippen LogP contribution < -0.4 is 20.1 Å². The fourth-order valence-corrected chi connectivity index (χ4v) is 2.17. The highest BCUT2D eigenvalue weighted by molar-refractivity contribution is 5.95. The van der Waals surface area contributed by atoms with Gasteiger partial charge in [0.2, 0.25) is 12.7 Å². The minimum Gasteiger partial charge on any atom is -0.454 e. The third-order valence-corrected chi connectivity index (χ3v) is 3.45. The number of benzene rings is 1. The molecule has 1 atom stereocenters. The van der Waals surface area contributed by atoms with Crippen molar-refractivity contribution in [1.29, 1.82) is 0 Å². The molecule has 0 fully saturated rings. The van der Waals surface area contributed by atoms with Gasteiger partial charge in [0.15, 0.2) is 11.5 Å². The summed E-state index contributed by atoms with van der Waals surface area (Å²) in [5.74, 6) is 0.256. The quantitative estimate of drug-likeness (QED) is 0.567. The lowest BCUT2D eigenvalue weighted by atomic mass is 10.2. The second-order valence-corrected chi connectivity index (χ2v) is 5.08. The number of aliphatic hydroxyl groups excluding tert-OH is 1. The topological polar surface area (TPSA) is 126 Å². The van der Waals surface area contributed by atoms with Crippen LogP contribution in [0.1, 0.15) is 16.1 Å². The average Bonchev–Trinajstić information content (AvgIpc) is 3.27. The summed E-state index contributed by atoms with van der Waals surface area (Å²) in [6.07, 6.45) is 2.68. The SMILES string of the molecule is O=C(N[C@@H](CO)C(=O)NCc1ccc2c(c1)OCO2)c1cnc[nH]1. The normalized spacial score (nSPS) is 13.4. The van der Waals surface area contributed by atoms with Gasteiger partial charge in [0.05, 0.1) is 19.1 Å². The van der Waals surface area contributed by atoms with Gasteiger partial charge >= 0.3 is 0 Å². The van der Waals surface area contributed by atoms with Gasteiger partial charge in [-0.05, 0) is 17.7 Å². The Morgan fingerprint density at radius 2 is 2.17 bits per heavy atom. The number of hydrogen-bond donors (Lipinski definition) is 4. The molecule has 4 N–H and O–H groups in total. The Morgan fingerprint density at radius 3 is 2.92 bits per heavy atom. The molecule has 0 spiro atoms. The molecular weight excluding hydrogens is 316 g/mol. The van der Waals surface area contributed by atoms with E-state index in [0.717, 1.165) is 5.56 Å². The van der Waals surface area contributed by atoms with Gasteiger partial charge in [-0.1, -0.05) is 6.07 Å². The first kappa shape index (κ1) is 15.8. The van der Waals surface area contributed by atoms with Crippen LogP contribution in [0.15, 0.2) is 30.7 Å². The van der Waals surface area contributed by atoms with Gasteiger partial charge in [0, 0.05) is 6.54 Å². The molecule has 2 amide bonds. The van der Waals surface area contributed by atoms with E-state index in [1.165, 1.54) is 12.5 Å². The largest absolute Gasteiger partial charge is 0.454 e. The third-order valence-electron chi connectivity index (χ3n) is 3.45. The number of carbonyl (C=O) groups excluding carboxylic acids is 2. The van der Waals surface area contributed by atoms with Crippen molar-refractivity contribution in [3.63, 3.8) is 0 Å². The van der Waals surface area contributed by atoms with Gasteiger partial charge < -0.3 is 30.2 Å². The summed E-state index contributed by atoms with van der Waals surface area (Å²) in [6.45, 7) is -0.115. The van der Waals surface area contributed by atoms with Gasteiger partial charge in [0.25, 0.3) is 5.91 Å². The maximum atomic E-state index is 12.1. The number of amides is 2. The molecule has 2 aromatic rings. The first-order valence-corrected chi connectivity index (χ1v) is 7.23. The molecule has 0 aliphatic carbocycles. The van der Waals surface area contributed by atoms with Crippen molar-refractivity contribution in [3.8, 4) is 11.5 Å². The summed E-state index contributed by atoms with van der Waals surface area (Å²) in [4.78, 5) is 30.3. The van der Waals surface area contributed by atoms with Crippen molar-refractivity contribution in [3.05, 3.63) is 42.0 Å². The minimum atomic E-state index is -1.06. The van der Waals surface area contributed by atoms with Crippen molar-refractivity contribution in [2.24, 2.45) is 0 Å². The molecular formula is C15H16N4O5. The van der Waals surface area contributed by atoms with Gasteiger partial charge in [-0.2, -0.15) is 0 Å². The van der Waals surface area contributed by atoms with Crippen LogP contribution in [0.4, 0.5) is 0 Å². The van der Waals surface area contributed by atoms with Crippen LogP contribution in [-0.2, 0) is 11.3 Å². The molecule has 3 rings (SSSR count). The highest BCUT2D eigenvalue weighted by Crippen LogP contribution is 2.32. The first-order valence-electron chi connectivity index (χ1n) is 7.23. The Labute approximate surface area is 137 Å². The number of nitrogens with one attached hydrogen (secondary N) is 3. The number of aromatic nitrogens is 2. The number of fused-ring (bicyclic) bond motifs is 1. The third kappa shape index (κ3) is 3.46.